The highest BCUT2D eigenvalue weighted by Crippen LogP contribution is 2.37. The summed E-state index contributed by atoms with van der Waals surface area (Å²) in [5.74, 6) is 0.253. The Bertz CT molecular complexity index is 759. The first-order chi connectivity index (χ1) is 10.2. The van der Waals surface area contributed by atoms with E-state index in [2.05, 4.69) is 6.07 Å². The van der Waals surface area contributed by atoms with Gasteiger partial charge in [-0.1, -0.05) is 12.1 Å². The first-order valence-corrected chi connectivity index (χ1v) is 6.62. The molecule has 3 rings (SSSR count). The number of fused-ring (bicyclic) bond motifs is 3. The zero-order valence-corrected chi connectivity index (χ0v) is 11.6. The highest BCUT2D eigenvalue weighted by molar-refractivity contribution is 5.91. The molecule has 0 amide bonds. The number of rotatable bonds is 1. The van der Waals surface area contributed by atoms with Gasteiger partial charge in [-0.3, -0.25) is 0 Å². The molecule has 1 heterocycles. The maximum atomic E-state index is 11.6. The number of hydrogen-bond donors (Lipinski definition) is 0. The van der Waals surface area contributed by atoms with Crippen LogP contribution in [-0.4, -0.2) is 19.7 Å². The van der Waals surface area contributed by atoms with Gasteiger partial charge in [-0.05, 0) is 35.4 Å². The number of carbonyl (C=O) groups is 1. The maximum absolute atomic E-state index is 11.6. The minimum atomic E-state index is -0.392. The molecule has 4 nitrogen and oxygen atoms in total. The van der Waals surface area contributed by atoms with E-state index >= 15 is 0 Å². The van der Waals surface area contributed by atoms with Crippen LogP contribution in [0, 0.1) is 11.3 Å². The second kappa shape index (κ2) is 5.29. The SMILES string of the molecule is COC(=O)c1ccc2c(c1)OCCc1c(C#N)cccc1-2. The molecule has 0 atom stereocenters. The summed E-state index contributed by atoms with van der Waals surface area (Å²) in [5, 5.41) is 9.23. The molecule has 1 aliphatic rings. The molecular formula is C17H13NO3. The molecule has 4 heteroatoms. The summed E-state index contributed by atoms with van der Waals surface area (Å²) in [6.07, 6.45) is 0.668. The van der Waals surface area contributed by atoms with E-state index in [4.69, 9.17) is 9.47 Å². The molecule has 0 unspecified atom stereocenters. The average Bonchev–Trinajstić information content (AvgIpc) is 2.72. The Morgan fingerprint density at radius 2 is 2.14 bits per heavy atom. The molecule has 104 valence electrons. The van der Waals surface area contributed by atoms with Gasteiger partial charge >= 0.3 is 5.97 Å². The molecule has 2 aromatic carbocycles. The zero-order valence-electron chi connectivity index (χ0n) is 11.6. The topological polar surface area (TPSA) is 59.3 Å². The van der Waals surface area contributed by atoms with Crippen molar-refractivity contribution < 1.29 is 14.3 Å². The second-order valence-corrected chi connectivity index (χ2v) is 4.74. The van der Waals surface area contributed by atoms with Crippen LogP contribution in [0.1, 0.15) is 21.5 Å². The van der Waals surface area contributed by atoms with E-state index in [0.29, 0.717) is 29.9 Å². The number of methoxy groups -OCH3 is 1. The van der Waals surface area contributed by atoms with Crippen molar-refractivity contribution in [3.05, 3.63) is 53.1 Å². The molecule has 2 aromatic rings. The lowest BCUT2D eigenvalue weighted by atomic mass is 9.93. The van der Waals surface area contributed by atoms with Crippen molar-refractivity contribution in [3.63, 3.8) is 0 Å². The molecule has 0 aliphatic carbocycles. The van der Waals surface area contributed by atoms with E-state index in [1.807, 2.05) is 24.3 Å². The van der Waals surface area contributed by atoms with Crippen molar-refractivity contribution in [1.29, 1.82) is 5.26 Å². The van der Waals surface area contributed by atoms with Crippen LogP contribution in [0.15, 0.2) is 36.4 Å². The van der Waals surface area contributed by atoms with Crippen LogP contribution in [0.25, 0.3) is 11.1 Å². The monoisotopic (exact) mass is 279 g/mol. The molecule has 0 fully saturated rings. The molecule has 0 saturated heterocycles. The standard InChI is InChI=1S/C17H13NO3/c1-20-17(19)11-5-6-15-14-4-2-3-12(10-18)13(14)7-8-21-16(15)9-11/h2-6,9H,7-8H2,1H3. The van der Waals surface area contributed by atoms with Crippen LogP contribution >= 0.6 is 0 Å². The predicted molar refractivity (Wildman–Crippen MR) is 77.1 cm³/mol. The normalized spacial score (nSPS) is 12.2. The van der Waals surface area contributed by atoms with Gasteiger partial charge in [-0.25, -0.2) is 4.79 Å². The average molecular weight is 279 g/mol. The molecule has 0 radical (unpaired) electrons. The van der Waals surface area contributed by atoms with Crippen molar-refractivity contribution in [2.75, 3.05) is 13.7 Å². The van der Waals surface area contributed by atoms with Gasteiger partial charge in [0.2, 0.25) is 0 Å². The first-order valence-electron chi connectivity index (χ1n) is 6.62. The van der Waals surface area contributed by atoms with Crippen molar-refractivity contribution in [3.8, 4) is 22.9 Å². The summed E-state index contributed by atoms with van der Waals surface area (Å²) >= 11 is 0. The van der Waals surface area contributed by atoms with Crippen molar-refractivity contribution >= 4 is 5.97 Å². The van der Waals surface area contributed by atoms with Crippen molar-refractivity contribution in [2.45, 2.75) is 6.42 Å². The van der Waals surface area contributed by atoms with Crippen LogP contribution in [-0.2, 0) is 11.2 Å². The largest absolute Gasteiger partial charge is 0.493 e. The predicted octanol–water partition coefficient (Wildman–Crippen LogP) is 2.95. The lowest BCUT2D eigenvalue weighted by molar-refractivity contribution is 0.0600. The van der Waals surface area contributed by atoms with Gasteiger partial charge in [-0.15, -0.1) is 0 Å². The number of nitriles is 1. The summed E-state index contributed by atoms with van der Waals surface area (Å²) in [6.45, 7) is 0.476. The Balaban J connectivity index is 2.18. The second-order valence-electron chi connectivity index (χ2n) is 4.74. The highest BCUT2D eigenvalue weighted by Gasteiger charge is 2.19. The third-order valence-corrected chi connectivity index (χ3v) is 3.60. The lowest BCUT2D eigenvalue weighted by Crippen LogP contribution is -2.03. The minimum Gasteiger partial charge on any atom is -0.493 e. The van der Waals surface area contributed by atoms with Crippen LogP contribution in [0.5, 0.6) is 5.75 Å². The smallest absolute Gasteiger partial charge is 0.337 e. The Labute approximate surface area is 122 Å². The van der Waals surface area contributed by atoms with Gasteiger partial charge < -0.3 is 9.47 Å². The molecule has 0 aromatic heterocycles. The Morgan fingerprint density at radius 3 is 2.90 bits per heavy atom. The summed E-state index contributed by atoms with van der Waals surface area (Å²) in [5.41, 5.74) is 3.99. The van der Waals surface area contributed by atoms with Gasteiger partial charge in [0.1, 0.15) is 5.75 Å². The summed E-state index contributed by atoms with van der Waals surface area (Å²) in [7, 11) is 1.35. The van der Waals surface area contributed by atoms with Gasteiger partial charge in [-0.2, -0.15) is 5.26 Å². The van der Waals surface area contributed by atoms with Crippen molar-refractivity contribution in [2.24, 2.45) is 0 Å². The van der Waals surface area contributed by atoms with E-state index in [9.17, 15) is 10.1 Å². The van der Waals surface area contributed by atoms with Crippen molar-refractivity contribution in [1.82, 2.24) is 0 Å². The third kappa shape index (κ3) is 2.23. The molecular weight excluding hydrogens is 266 g/mol. The van der Waals surface area contributed by atoms with E-state index in [-0.39, 0.29) is 0 Å². The molecule has 21 heavy (non-hydrogen) atoms. The van der Waals surface area contributed by atoms with E-state index < -0.39 is 5.97 Å². The van der Waals surface area contributed by atoms with E-state index in [1.54, 1.807) is 12.1 Å². The van der Waals surface area contributed by atoms with E-state index in [1.165, 1.54) is 7.11 Å². The molecule has 0 N–H and O–H groups in total. The Kier molecular flexibility index (Phi) is 3.33. The summed E-state index contributed by atoms with van der Waals surface area (Å²) in [4.78, 5) is 11.6. The Morgan fingerprint density at radius 1 is 1.29 bits per heavy atom. The van der Waals surface area contributed by atoms with Gasteiger partial charge in [0.15, 0.2) is 0 Å². The number of benzene rings is 2. The van der Waals surface area contributed by atoms with Gasteiger partial charge in [0, 0.05) is 12.0 Å². The molecule has 0 spiro atoms. The third-order valence-electron chi connectivity index (χ3n) is 3.60. The minimum absolute atomic E-state index is 0.392. The fourth-order valence-corrected chi connectivity index (χ4v) is 2.59. The quantitative estimate of drug-likeness (QED) is 0.753. The number of nitrogens with zero attached hydrogens (tertiary/aromatic N) is 1. The van der Waals surface area contributed by atoms with Crippen LogP contribution in [0.2, 0.25) is 0 Å². The summed E-state index contributed by atoms with van der Waals surface area (Å²) in [6, 6.07) is 13.1. The number of ether oxygens (including phenoxy) is 2. The fourth-order valence-electron chi connectivity index (χ4n) is 2.59. The van der Waals surface area contributed by atoms with Crippen LogP contribution in [0.3, 0.4) is 0 Å². The first kappa shape index (κ1) is 13.2. The van der Waals surface area contributed by atoms with Gasteiger partial charge in [0.25, 0.3) is 0 Å². The Hall–Kier alpha value is -2.80. The van der Waals surface area contributed by atoms with E-state index in [0.717, 1.165) is 16.7 Å². The number of hydrogen-bond acceptors (Lipinski definition) is 4. The molecule has 1 aliphatic heterocycles. The van der Waals surface area contributed by atoms with Crippen LogP contribution in [0.4, 0.5) is 0 Å². The zero-order chi connectivity index (χ0) is 14.8. The van der Waals surface area contributed by atoms with Crippen LogP contribution < -0.4 is 4.74 Å². The number of esters is 1. The lowest BCUT2D eigenvalue weighted by Gasteiger charge is -2.10. The molecule has 0 bridgehead atoms. The van der Waals surface area contributed by atoms with Gasteiger partial charge in [0.05, 0.1) is 30.9 Å². The highest BCUT2D eigenvalue weighted by atomic mass is 16.5. The fraction of sp³-hybridized carbons (Fsp3) is 0.176. The molecule has 0 saturated carbocycles. The summed E-state index contributed by atoms with van der Waals surface area (Å²) < 4.78 is 10.5. The maximum Gasteiger partial charge on any atom is 0.337 e. The number of carbonyl (C=O) groups excluding carboxylic acids is 1.